The lowest BCUT2D eigenvalue weighted by atomic mass is 10.3. The number of aromatic nitrogens is 2. The van der Waals surface area contributed by atoms with Gasteiger partial charge in [0.05, 0.1) is 0 Å². The van der Waals surface area contributed by atoms with Crippen LogP contribution in [0.2, 0.25) is 5.02 Å². The lowest BCUT2D eigenvalue weighted by Crippen LogP contribution is -1.98. The molecule has 0 aliphatic carbocycles. The predicted octanol–water partition coefficient (Wildman–Crippen LogP) is 3.05. The maximum absolute atomic E-state index is 8.81. The molecule has 0 bridgehead atoms. The van der Waals surface area contributed by atoms with Crippen LogP contribution in [0.5, 0.6) is 0 Å². The van der Waals surface area contributed by atoms with Crippen molar-refractivity contribution in [2.24, 2.45) is 0 Å². The van der Waals surface area contributed by atoms with E-state index in [4.69, 9.17) is 16.9 Å². The molecule has 0 spiro atoms. The van der Waals surface area contributed by atoms with E-state index in [0.29, 0.717) is 22.4 Å². The lowest BCUT2D eigenvalue weighted by molar-refractivity contribution is 1.04. The van der Waals surface area contributed by atoms with Gasteiger partial charge in [-0.1, -0.05) is 17.7 Å². The molecule has 0 unspecified atom stereocenters. The van der Waals surface area contributed by atoms with Gasteiger partial charge in [-0.2, -0.15) is 5.26 Å². The third-order valence-corrected chi connectivity index (χ3v) is 2.28. The quantitative estimate of drug-likeness (QED) is 0.882. The summed E-state index contributed by atoms with van der Waals surface area (Å²) in [5.74, 6) is 1.13. The first-order chi connectivity index (χ1) is 8.17. The van der Waals surface area contributed by atoms with Crippen LogP contribution in [-0.2, 0) is 0 Å². The number of hydrogen-bond acceptors (Lipinski definition) is 4. The maximum atomic E-state index is 8.81. The van der Waals surface area contributed by atoms with Gasteiger partial charge in [0.15, 0.2) is 0 Å². The van der Waals surface area contributed by atoms with Gasteiger partial charge in [-0.3, -0.25) is 0 Å². The number of aryl methyl sites for hydroxylation is 1. The standard InChI is InChI=1S/C12H9ClN4/c1-8-15-11(7-14)6-12(16-8)17-10-4-2-3-9(13)5-10/h2-6H,1H3,(H,15,16,17). The van der Waals surface area contributed by atoms with E-state index in [2.05, 4.69) is 15.3 Å². The highest BCUT2D eigenvalue weighted by molar-refractivity contribution is 6.30. The summed E-state index contributed by atoms with van der Waals surface area (Å²) in [6.45, 7) is 1.74. The Bertz CT molecular complexity index is 589. The molecule has 0 atom stereocenters. The first kappa shape index (κ1) is 11.4. The van der Waals surface area contributed by atoms with E-state index in [9.17, 15) is 0 Å². The van der Waals surface area contributed by atoms with Crippen molar-refractivity contribution in [3.63, 3.8) is 0 Å². The zero-order valence-corrected chi connectivity index (χ0v) is 9.86. The third-order valence-electron chi connectivity index (χ3n) is 2.05. The first-order valence-electron chi connectivity index (χ1n) is 4.96. The van der Waals surface area contributed by atoms with Crippen molar-refractivity contribution < 1.29 is 0 Å². The van der Waals surface area contributed by atoms with Gasteiger partial charge in [-0.15, -0.1) is 0 Å². The Morgan fingerprint density at radius 1 is 1.29 bits per heavy atom. The van der Waals surface area contributed by atoms with E-state index >= 15 is 0 Å². The normalized spacial score (nSPS) is 9.71. The second-order valence-corrected chi connectivity index (χ2v) is 3.87. The fraction of sp³-hybridized carbons (Fsp3) is 0.0833. The fourth-order valence-corrected chi connectivity index (χ4v) is 1.59. The molecule has 2 rings (SSSR count). The number of halogens is 1. The lowest BCUT2D eigenvalue weighted by Gasteiger charge is -2.06. The molecule has 84 valence electrons. The minimum absolute atomic E-state index is 0.335. The minimum Gasteiger partial charge on any atom is -0.340 e. The Hall–Kier alpha value is -2.12. The van der Waals surface area contributed by atoms with Crippen LogP contribution in [0.4, 0.5) is 11.5 Å². The van der Waals surface area contributed by atoms with Crippen LogP contribution in [0.25, 0.3) is 0 Å². The van der Waals surface area contributed by atoms with Crippen LogP contribution in [0, 0.1) is 18.3 Å². The molecule has 17 heavy (non-hydrogen) atoms. The van der Waals surface area contributed by atoms with E-state index in [1.165, 1.54) is 0 Å². The number of nitrogens with one attached hydrogen (secondary N) is 1. The maximum Gasteiger partial charge on any atom is 0.146 e. The molecule has 5 heteroatoms. The summed E-state index contributed by atoms with van der Waals surface area (Å²) in [6, 6.07) is 10.9. The Kier molecular flexibility index (Phi) is 3.22. The van der Waals surface area contributed by atoms with Gasteiger partial charge in [-0.25, -0.2) is 9.97 Å². The number of rotatable bonds is 2. The SMILES string of the molecule is Cc1nc(C#N)cc(Nc2cccc(Cl)c2)n1. The zero-order valence-electron chi connectivity index (χ0n) is 9.11. The second kappa shape index (κ2) is 4.81. The topological polar surface area (TPSA) is 61.6 Å². The van der Waals surface area contributed by atoms with Crippen LogP contribution in [0.3, 0.4) is 0 Å². The van der Waals surface area contributed by atoms with Gasteiger partial charge in [0, 0.05) is 16.8 Å². The zero-order chi connectivity index (χ0) is 12.3. The second-order valence-electron chi connectivity index (χ2n) is 3.43. The molecule has 1 aromatic heterocycles. The molecule has 1 heterocycles. The summed E-state index contributed by atoms with van der Waals surface area (Å²) < 4.78 is 0. The van der Waals surface area contributed by atoms with Gasteiger partial charge in [-0.05, 0) is 25.1 Å². The number of nitriles is 1. The largest absolute Gasteiger partial charge is 0.340 e. The molecule has 4 nitrogen and oxygen atoms in total. The molecule has 0 radical (unpaired) electrons. The van der Waals surface area contributed by atoms with E-state index in [0.717, 1.165) is 5.69 Å². The van der Waals surface area contributed by atoms with Gasteiger partial charge in [0.25, 0.3) is 0 Å². The van der Waals surface area contributed by atoms with Crippen LogP contribution in [0.1, 0.15) is 11.5 Å². The average molecular weight is 245 g/mol. The van der Waals surface area contributed by atoms with E-state index in [1.54, 1.807) is 25.1 Å². The molecular weight excluding hydrogens is 236 g/mol. The molecule has 2 aromatic rings. The third kappa shape index (κ3) is 2.92. The highest BCUT2D eigenvalue weighted by Gasteiger charge is 2.02. The molecule has 0 aliphatic rings. The average Bonchev–Trinajstić information content (AvgIpc) is 2.28. The van der Waals surface area contributed by atoms with Crippen LogP contribution in [0.15, 0.2) is 30.3 Å². The number of anilines is 2. The van der Waals surface area contributed by atoms with Crippen molar-refractivity contribution in [1.29, 1.82) is 5.26 Å². The Balaban J connectivity index is 2.30. The van der Waals surface area contributed by atoms with Crippen molar-refractivity contribution in [3.8, 4) is 6.07 Å². The summed E-state index contributed by atoms with van der Waals surface area (Å²) in [6.07, 6.45) is 0. The van der Waals surface area contributed by atoms with Crippen LogP contribution < -0.4 is 5.32 Å². The van der Waals surface area contributed by atoms with E-state index < -0.39 is 0 Å². The molecule has 1 aromatic carbocycles. The smallest absolute Gasteiger partial charge is 0.146 e. The molecule has 0 saturated carbocycles. The van der Waals surface area contributed by atoms with Crippen molar-refractivity contribution in [3.05, 3.63) is 46.9 Å². The molecule has 1 N–H and O–H groups in total. The van der Waals surface area contributed by atoms with Gasteiger partial charge in [0.2, 0.25) is 0 Å². The van der Waals surface area contributed by atoms with Gasteiger partial charge in [0.1, 0.15) is 23.4 Å². The summed E-state index contributed by atoms with van der Waals surface area (Å²) in [5, 5.41) is 12.5. The monoisotopic (exact) mass is 244 g/mol. The highest BCUT2D eigenvalue weighted by atomic mass is 35.5. The number of nitrogens with zero attached hydrogens (tertiary/aromatic N) is 3. The van der Waals surface area contributed by atoms with Crippen molar-refractivity contribution >= 4 is 23.1 Å². The van der Waals surface area contributed by atoms with Gasteiger partial charge < -0.3 is 5.32 Å². The summed E-state index contributed by atoms with van der Waals surface area (Å²) in [5.41, 5.74) is 1.15. The van der Waals surface area contributed by atoms with Gasteiger partial charge >= 0.3 is 0 Å². The molecule has 0 fully saturated rings. The Morgan fingerprint density at radius 3 is 2.82 bits per heavy atom. The van der Waals surface area contributed by atoms with Crippen molar-refractivity contribution in [2.75, 3.05) is 5.32 Å². The first-order valence-corrected chi connectivity index (χ1v) is 5.33. The highest BCUT2D eigenvalue weighted by Crippen LogP contribution is 2.19. The summed E-state index contributed by atoms with van der Waals surface area (Å²) >= 11 is 5.88. The van der Waals surface area contributed by atoms with Crippen molar-refractivity contribution in [2.45, 2.75) is 6.92 Å². The van der Waals surface area contributed by atoms with E-state index in [-0.39, 0.29) is 0 Å². The Labute approximate surface area is 104 Å². The van der Waals surface area contributed by atoms with Crippen LogP contribution >= 0.6 is 11.6 Å². The van der Waals surface area contributed by atoms with Crippen LogP contribution in [-0.4, -0.2) is 9.97 Å². The van der Waals surface area contributed by atoms with E-state index in [1.807, 2.05) is 18.2 Å². The summed E-state index contributed by atoms with van der Waals surface area (Å²) in [4.78, 5) is 8.16. The Morgan fingerprint density at radius 2 is 2.12 bits per heavy atom. The summed E-state index contributed by atoms with van der Waals surface area (Å²) in [7, 11) is 0. The number of hydrogen-bond donors (Lipinski definition) is 1. The molecular formula is C12H9ClN4. The predicted molar refractivity (Wildman–Crippen MR) is 66.2 cm³/mol. The number of benzene rings is 1. The minimum atomic E-state index is 0.335. The fourth-order valence-electron chi connectivity index (χ4n) is 1.40. The molecule has 0 saturated heterocycles. The molecule has 0 amide bonds. The van der Waals surface area contributed by atoms with Crippen molar-refractivity contribution in [1.82, 2.24) is 9.97 Å². The molecule has 0 aliphatic heterocycles.